The first-order chi connectivity index (χ1) is 12.2. The number of guanidine groups is 1. The summed E-state index contributed by atoms with van der Waals surface area (Å²) in [6.07, 6.45) is 3.14. The van der Waals surface area contributed by atoms with Crippen molar-refractivity contribution in [3.63, 3.8) is 0 Å². The van der Waals surface area contributed by atoms with Gasteiger partial charge in [-0.1, -0.05) is 5.16 Å². The molecule has 0 aliphatic carbocycles. The van der Waals surface area contributed by atoms with Crippen molar-refractivity contribution in [2.45, 2.75) is 39.2 Å². The fourth-order valence-electron chi connectivity index (χ4n) is 3.25. The Morgan fingerprint density at radius 2 is 2.15 bits per heavy atom. The number of thiophene rings is 1. The number of hydrogen-bond acceptors (Lipinski definition) is 5. The van der Waals surface area contributed by atoms with Crippen LogP contribution in [0.5, 0.6) is 0 Å². The van der Waals surface area contributed by atoms with Gasteiger partial charge in [0.05, 0.1) is 10.7 Å². The average molecular weight is 489 g/mol. The molecule has 0 unspecified atom stereocenters. The van der Waals surface area contributed by atoms with E-state index in [1.54, 1.807) is 0 Å². The Bertz CT molecular complexity index is 673. The first kappa shape index (κ1) is 21.0. The molecule has 0 amide bonds. The predicted octanol–water partition coefficient (Wildman–Crippen LogP) is 3.35. The summed E-state index contributed by atoms with van der Waals surface area (Å²) in [5, 5.41) is 14.5. The molecule has 0 radical (unpaired) electrons. The molecule has 3 heterocycles. The molecule has 1 aliphatic rings. The number of piperidine rings is 1. The molecule has 0 saturated carbocycles. The molecule has 3 rings (SSSR count). The molecule has 2 N–H and O–H groups in total. The Labute approximate surface area is 176 Å². The van der Waals surface area contributed by atoms with Crippen LogP contribution in [0.4, 0.5) is 5.00 Å². The summed E-state index contributed by atoms with van der Waals surface area (Å²) in [7, 11) is 1.83. The summed E-state index contributed by atoms with van der Waals surface area (Å²) in [4.78, 5) is 6.83. The van der Waals surface area contributed by atoms with Crippen molar-refractivity contribution in [3.8, 4) is 0 Å². The Balaban J connectivity index is 0.00000243. The lowest BCUT2D eigenvalue weighted by atomic mass is 10.1. The third-order valence-electron chi connectivity index (χ3n) is 4.73. The minimum Gasteiger partial charge on any atom is -0.363 e. The zero-order valence-electron chi connectivity index (χ0n) is 15.6. The number of nitrogens with one attached hydrogen (secondary N) is 2. The van der Waals surface area contributed by atoms with Gasteiger partial charge in [-0.05, 0) is 50.6 Å². The molecule has 144 valence electrons. The number of anilines is 1. The van der Waals surface area contributed by atoms with Crippen LogP contribution in [0.1, 0.15) is 29.9 Å². The predicted molar refractivity (Wildman–Crippen MR) is 119 cm³/mol. The third-order valence-corrected chi connectivity index (χ3v) is 5.65. The first-order valence-corrected chi connectivity index (χ1v) is 9.72. The highest BCUT2D eigenvalue weighted by molar-refractivity contribution is 14.0. The van der Waals surface area contributed by atoms with Crippen molar-refractivity contribution in [2.24, 2.45) is 4.99 Å². The molecule has 1 aliphatic heterocycles. The van der Waals surface area contributed by atoms with Crippen molar-refractivity contribution < 1.29 is 4.52 Å². The maximum atomic E-state index is 5.21. The Morgan fingerprint density at radius 1 is 1.38 bits per heavy atom. The van der Waals surface area contributed by atoms with Crippen molar-refractivity contribution >= 4 is 46.3 Å². The molecule has 2 aromatic heterocycles. The number of aromatic nitrogens is 1. The number of halogens is 1. The molecule has 6 nitrogen and oxygen atoms in total. The number of aryl methyl sites for hydroxylation is 2. The summed E-state index contributed by atoms with van der Waals surface area (Å²) in [6, 6.07) is 4.80. The minimum absolute atomic E-state index is 0. The highest BCUT2D eigenvalue weighted by Crippen LogP contribution is 2.24. The molecule has 0 bridgehead atoms. The van der Waals surface area contributed by atoms with E-state index < -0.39 is 0 Å². The molecule has 26 heavy (non-hydrogen) atoms. The molecule has 0 spiro atoms. The van der Waals surface area contributed by atoms with E-state index in [9.17, 15) is 0 Å². The molecule has 1 fully saturated rings. The molecule has 0 atom stereocenters. The van der Waals surface area contributed by atoms with Crippen molar-refractivity contribution in [3.05, 3.63) is 34.5 Å². The van der Waals surface area contributed by atoms with E-state index in [-0.39, 0.29) is 24.0 Å². The zero-order valence-corrected chi connectivity index (χ0v) is 18.8. The molecular formula is C18H28IN5OS. The summed E-state index contributed by atoms with van der Waals surface area (Å²) in [6.45, 7) is 6.95. The lowest BCUT2D eigenvalue weighted by molar-refractivity contribution is 0.392. The standard InChI is InChI=1S/C18H27N5OS.HI/c1-13-16(14(2)24-22-13)6-9-20-18(19-3)21-15-7-10-23(11-8-15)17-5-4-12-25-17;/h4-5,12,15H,6-11H2,1-3H3,(H2,19,20,21);1H. The van der Waals surface area contributed by atoms with Crippen LogP contribution in [0.15, 0.2) is 27.0 Å². The van der Waals surface area contributed by atoms with Gasteiger partial charge in [-0.2, -0.15) is 0 Å². The third kappa shape index (κ3) is 5.35. The Hall–Kier alpha value is -1.29. The summed E-state index contributed by atoms with van der Waals surface area (Å²) >= 11 is 1.82. The van der Waals surface area contributed by atoms with E-state index in [2.05, 4.69) is 43.2 Å². The number of hydrogen-bond donors (Lipinski definition) is 2. The van der Waals surface area contributed by atoms with E-state index in [0.29, 0.717) is 6.04 Å². The molecule has 2 aromatic rings. The second kappa shape index (κ2) is 10.1. The number of aliphatic imine (C=N–C) groups is 1. The van der Waals surface area contributed by atoms with Crippen LogP contribution in [0.25, 0.3) is 0 Å². The van der Waals surface area contributed by atoms with Crippen molar-refractivity contribution in [2.75, 3.05) is 31.6 Å². The largest absolute Gasteiger partial charge is 0.363 e. The van der Waals surface area contributed by atoms with Gasteiger partial charge < -0.3 is 20.1 Å². The van der Waals surface area contributed by atoms with Crippen LogP contribution >= 0.6 is 35.3 Å². The molecular weight excluding hydrogens is 461 g/mol. The van der Waals surface area contributed by atoms with E-state index in [1.165, 1.54) is 10.6 Å². The van der Waals surface area contributed by atoms with Gasteiger partial charge in [0.2, 0.25) is 0 Å². The average Bonchev–Trinajstić information content (AvgIpc) is 3.27. The van der Waals surface area contributed by atoms with Crippen molar-refractivity contribution in [1.29, 1.82) is 0 Å². The highest BCUT2D eigenvalue weighted by Gasteiger charge is 2.20. The summed E-state index contributed by atoms with van der Waals surface area (Å²) in [5.74, 6) is 1.78. The molecule has 8 heteroatoms. The van der Waals surface area contributed by atoms with Gasteiger partial charge in [-0.15, -0.1) is 35.3 Å². The van der Waals surface area contributed by atoms with E-state index in [0.717, 1.165) is 56.3 Å². The van der Waals surface area contributed by atoms with Gasteiger partial charge in [0, 0.05) is 38.3 Å². The van der Waals surface area contributed by atoms with E-state index in [1.807, 2.05) is 32.2 Å². The van der Waals surface area contributed by atoms with Gasteiger partial charge in [-0.25, -0.2) is 0 Å². The number of nitrogens with zero attached hydrogens (tertiary/aromatic N) is 3. The van der Waals surface area contributed by atoms with Crippen LogP contribution in [0, 0.1) is 13.8 Å². The SMILES string of the molecule is CN=C(NCCc1c(C)noc1C)NC1CCN(c2cccs2)CC1.I. The van der Waals surface area contributed by atoms with Gasteiger partial charge in [-0.3, -0.25) is 4.99 Å². The quantitative estimate of drug-likeness (QED) is 0.383. The van der Waals surface area contributed by atoms with Crippen LogP contribution < -0.4 is 15.5 Å². The minimum atomic E-state index is 0. The van der Waals surface area contributed by atoms with Crippen LogP contribution in [0.2, 0.25) is 0 Å². The number of rotatable bonds is 5. The Kier molecular flexibility index (Phi) is 8.20. The lowest BCUT2D eigenvalue weighted by Crippen LogP contribution is -2.49. The van der Waals surface area contributed by atoms with Gasteiger partial charge in [0.25, 0.3) is 0 Å². The Morgan fingerprint density at radius 3 is 2.73 bits per heavy atom. The van der Waals surface area contributed by atoms with Gasteiger partial charge >= 0.3 is 0 Å². The molecule has 0 aromatic carbocycles. The van der Waals surface area contributed by atoms with Gasteiger partial charge in [0.1, 0.15) is 5.76 Å². The normalized spacial score (nSPS) is 15.7. The van der Waals surface area contributed by atoms with Crippen molar-refractivity contribution in [1.82, 2.24) is 15.8 Å². The van der Waals surface area contributed by atoms with Crippen LogP contribution in [-0.4, -0.2) is 43.8 Å². The maximum Gasteiger partial charge on any atom is 0.191 e. The zero-order chi connectivity index (χ0) is 17.6. The van der Waals surface area contributed by atoms with Crippen LogP contribution in [0.3, 0.4) is 0 Å². The second-order valence-corrected chi connectivity index (χ2v) is 7.33. The first-order valence-electron chi connectivity index (χ1n) is 8.84. The molecule has 1 saturated heterocycles. The van der Waals surface area contributed by atoms with E-state index >= 15 is 0 Å². The van der Waals surface area contributed by atoms with Gasteiger partial charge in [0.15, 0.2) is 5.96 Å². The topological polar surface area (TPSA) is 65.7 Å². The fraction of sp³-hybridized carbons (Fsp3) is 0.556. The highest BCUT2D eigenvalue weighted by atomic mass is 127. The summed E-state index contributed by atoms with van der Waals surface area (Å²) in [5.41, 5.74) is 2.16. The monoisotopic (exact) mass is 489 g/mol. The lowest BCUT2D eigenvalue weighted by Gasteiger charge is -2.33. The van der Waals surface area contributed by atoms with E-state index in [4.69, 9.17) is 4.52 Å². The van der Waals surface area contributed by atoms with Crippen LogP contribution in [-0.2, 0) is 6.42 Å². The second-order valence-electron chi connectivity index (χ2n) is 6.41. The fourth-order valence-corrected chi connectivity index (χ4v) is 4.03. The maximum absolute atomic E-state index is 5.21. The smallest absolute Gasteiger partial charge is 0.191 e. The summed E-state index contributed by atoms with van der Waals surface area (Å²) < 4.78 is 5.21.